The fraction of sp³-hybridized carbons (Fsp3) is 0.429. The van der Waals surface area contributed by atoms with E-state index in [1.807, 2.05) is 0 Å². The molecule has 0 aromatic heterocycles. The molecule has 2 unspecified atom stereocenters. The van der Waals surface area contributed by atoms with Gasteiger partial charge in [-0.05, 0) is 36.6 Å². The van der Waals surface area contributed by atoms with E-state index >= 15 is 0 Å². The fourth-order valence-corrected chi connectivity index (χ4v) is 2.95. The molecule has 1 saturated carbocycles. The van der Waals surface area contributed by atoms with Crippen LogP contribution >= 0.6 is 15.9 Å². The Labute approximate surface area is 124 Å². The lowest BCUT2D eigenvalue weighted by Gasteiger charge is -2.16. The highest BCUT2D eigenvalue weighted by Crippen LogP contribution is 2.32. The second kappa shape index (κ2) is 6.35. The van der Waals surface area contributed by atoms with E-state index in [1.54, 1.807) is 6.07 Å². The number of carbonyl (C=O) groups is 2. The van der Waals surface area contributed by atoms with E-state index in [-0.39, 0.29) is 18.3 Å². The van der Waals surface area contributed by atoms with E-state index in [0.29, 0.717) is 22.9 Å². The summed E-state index contributed by atoms with van der Waals surface area (Å²) in [5.74, 6) is -2.66. The van der Waals surface area contributed by atoms with Crippen LogP contribution in [0.15, 0.2) is 22.7 Å². The number of benzene rings is 1. The zero-order chi connectivity index (χ0) is 14.7. The van der Waals surface area contributed by atoms with Crippen LogP contribution in [0.2, 0.25) is 0 Å². The number of aliphatic carboxylic acids is 1. The number of hydrogen-bond donors (Lipinski definition) is 2. The third-order valence-corrected chi connectivity index (χ3v) is 4.40. The summed E-state index contributed by atoms with van der Waals surface area (Å²) < 4.78 is 13.8. The van der Waals surface area contributed by atoms with Gasteiger partial charge >= 0.3 is 5.97 Å². The zero-order valence-electron chi connectivity index (χ0n) is 10.7. The van der Waals surface area contributed by atoms with Crippen molar-refractivity contribution in [3.05, 3.63) is 34.1 Å². The highest BCUT2D eigenvalue weighted by Gasteiger charge is 2.37. The highest BCUT2D eigenvalue weighted by molar-refractivity contribution is 9.10. The summed E-state index contributed by atoms with van der Waals surface area (Å²) in [4.78, 5) is 23.1. The predicted octanol–water partition coefficient (Wildman–Crippen LogP) is 2.71. The molecule has 2 atom stereocenters. The topological polar surface area (TPSA) is 66.4 Å². The largest absolute Gasteiger partial charge is 0.481 e. The molecule has 6 heteroatoms. The molecule has 1 aromatic rings. The number of rotatable bonds is 4. The van der Waals surface area contributed by atoms with Crippen LogP contribution in [0.25, 0.3) is 0 Å². The number of carbonyl (C=O) groups excluding carboxylic acids is 1. The second-order valence-corrected chi connectivity index (χ2v) is 5.79. The molecular formula is C14H15BrFNO3. The third-order valence-electron chi connectivity index (χ3n) is 3.63. The lowest BCUT2D eigenvalue weighted by Crippen LogP contribution is -2.35. The monoisotopic (exact) mass is 343 g/mol. The van der Waals surface area contributed by atoms with Crippen molar-refractivity contribution in [3.63, 3.8) is 0 Å². The predicted molar refractivity (Wildman–Crippen MR) is 74.4 cm³/mol. The first-order valence-corrected chi connectivity index (χ1v) is 7.23. The van der Waals surface area contributed by atoms with Crippen LogP contribution in [0.3, 0.4) is 0 Å². The maximum atomic E-state index is 13.1. The second-order valence-electron chi connectivity index (χ2n) is 4.94. The minimum atomic E-state index is -0.922. The van der Waals surface area contributed by atoms with Gasteiger partial charge in [0.15, 0.2) is 0 Å². The summed E-state index contributed by atoms with van der Waals surface area (Å²) in [6.07, 6.45) is 1.88. The van der Waals surface area contributed by atoms with E-state index in [1.165, 1.54) is 12.1 Å². The molecule has 1 fully saturated rings. The van der Waals surface area contributed by atoms with Gasteiger partial charge in [-0.15, -0.1) is 0 Å². The first-order valence-electron chi connectivity index (χ1n) is 6.43. The van der Waals surface area contributed by atoms with Crippen molar-refractivity contribution >= 4 is 27.8 Å². The van der Waals surface area contributed by atoms with Crippen LogP contribution in [-0.2, 0) is 16.1 Å². The molecule has 1 aliphatic carbocycles. The van der Waals surface area contributed by atoms with E-state index in [2.05, 4.69) is 21.2 Å². The quantitative estimate of drug-likeness (QED) is 0.883. The van der Waals surface area contributed by atoms with Crippen molar-refractivity contribution < 1.29 is 19.1 Å². The Balaban J connectivity index is 1.98. The Morgan fingerprint density at radius 2 is 2.05 bits per heavy atom. The summed E-state index contributed by atoms with van der Waals surface area (Å²) in [7, 11) is 0. The van der Waals surface area contributed by atoms with Gasteiger partial charge in [0.2, 0.25) is 5.91 Å². The summed E-state index contributed by atoms with van der Waals surface area (Å²) in [5, 5.41) is 11.8. The Hall–Kier alpha value is -1.43. The van der Waals surface area contributed by atoms with Gasteiger partial charge in [-0.3, -0.25) is 9.59 Å². The number of nitrogens with one attached hydrogen (secondary N) is 1. The maximum absolute atomic E-state index is 13.1. The van der Waals surface area contributed by atoms with Crippen molar-refractivity contribution in [2.45, 2.75) is 25.8 Å². The first kappa shape index (κ1) is 15.0. The Kier molecular flexibility index (Phi) is 4.75. The minimum Gasteiger partial charge on any atom is -0.481 e. The molecule has 0 bridgehead atoms. The molecule has 0 spiro atoms. The van der Waals surface area contributed by atoms with Gasteiger partial charge in [0, 0.05) is 11.0 Å². The summed E-state index contributed by atoms with van der Waals surface area (Å²) in [6.45, 7) is 0.181. The molecule has 2 rings (SSSR count). The fourth-order valence-electron chi connectivity index (χ4n) is 2.56. The van der Waals surface area contributed by atoms with Gasteiger partial charge in [-0.2, -0.15) is 0 Å². The molecule has 0 aliphatic heterocycles. The molecule has 108 valence electrons. The molecule has 1 aliphatic rings. The lowest BCUT2D eigenvalue weighted by atomic mass is 9.95. The SMILES string of the molecule is O=C(O)C1CCCC1C(=O)NCc1cc(F)ccc1Br. The molecule has 0 radical (unpaired) electrons. The average molecular weight is 344 g/mol. The Morgan fingerprint density at radius 1 is 1.35 bits per heavy atom. The average Bonchev–Trinajstić information content (AvgIpc) is 2.89. The number of carboxylic acids is 1. The molecular weight excluding hydrogens is 329 g/mol. The van der Waals surface area contributed by atoms with Gasteiger partial charge in [0.1, 0.15) is 5.82 Å². The van der Waals surface area contributed by atoms with Crippen LogP contribution in [0.1, 0.15) is 24.8 Å². The van der Waals surface area contributed by atoms with Crippen molar-refractivity contribution in [1.29, 1.82) is 0 Å². The van der Waals surface area contributed by atoms with Crippen molar-refractivity contribution in [1.82, 2.24) is 5.32 Å². The van der Waals surface area contributed by atoms with Gasteiger partial charge in [-0.1, -0.05) is 22.4 Å². The summed E-state index contributed by atoms with van der Waals surface area (Å²) in [6, 6.07) is 4.24. The maximum Gasteiger partial charge on any atom is 0.307 e. The smallest absolute Gasteiger partial charge is 0.307 e. The van der Waals surface area contributed by atoms with E-state index < -0.39 is 17.8 Å². The number of carboxylic acid groups (broad SMARTS) is 1. The molecule has 20 heavy (non-hydrogen) atoms. The van der Waals surface area contributed by atoms with E-state index in [9.17, 15) is 14.0 Å². The van der Waals surface area contributed by atoms with E-state index in [0.717, 1.165) is 6.42 Å². The molecule has 2 N–H and O–H groups in total. The highest BCUT2D eigenvalue weighted by atomic mass is 79.9. The lowest BCUT2D eigenvalue weighted by molar-refractivity contribution is -0.146. The van der Waals surface area contributed by atoms with Crippen LogP contribution in [0, 0.1) is 17.7 Å². The third kappa shape index (κ3) is 3.36. The van der Waals surface area contributed by atoms with E-state index in [4.69, 9.17) is 5.11 Å². The molecule has 0 heterocycles. The van der Waals surface area contributed by atoms with Gasteiger partial charge < -0.3 is 10.4 Å². The van der Waals surface area contributed by atoms with Crippen LogP contribution in [0.4, 0.5) is 4.39 Å². The van der Waals surface area contributed by atoms with Crippen molar-refractivity contribution in [2.24, 2.45) is 11.8 Å². The Morgan fingerprint density at radius 3 is 2.75 bits per heavy atom. The number of amides is 1. The van der Waals surface area contributed by atoms with Gasteiger partial charge in [-0.25, -0.2) is 4.39 Å². The molecule has 0 saturated heterocycles. The molecule has 1 aromatic carbocycles. The standard InChI is InChI=1S/C14H15BrFNO3/c15-12-5-4-9(16)6-8(12)7-17-13(18)10-2-1-3-11(10)14(19)20/h4-6,10-11H,1-3,7H2,(H,17,18)(H,19,20). The number of hydrogen-bond acceptors (Lipinski definition) is 2. The van der Waals surface area contributed by atoms with Crippen LogP contribution < -0.4 is 5.32 Å². The van der Waals surface area contributed by atoms with Crippen LogP contribution in [-0.4, -0.2) is 17.0 Å². The first-order chi connectivity index (χ1) is 9.49. The molecule has 4 nitrogen and oxygen atoms in total. The summed E-state index contributed by atoms with van der Waals surface area (Å²) >= 11 is 3.29. The zero-order valence-corrected chi connectivity index (χ0v) is 12.3. The van der Waals surface area contributed by atoms with Gasteiger partial charge in [0.25, 0.3) is 0 Å². The van der Waals surface area contributed by atoms with Crippen molar-refractivity contribution in [3.8, 4) is 0 Å². The number of halogens is 2. The summed E-state index contributed by atoms with van der Waals surface area (Å²) in [5.41, 5.74) is 0.628. The molecule has 1 amide bonds. The normalized spacial score (nSPS) is 21.7. The Bertz CT molecular complexity index is 535. The minimum absolute atomic E-state index is 0.181. The van der Waals surface area contributed by atoms with Crippen LogP contribution in [0.5, 0.6) is 0 Å². The van der Waals surface area contributed by atoms with Crippen molar-refractivity contribution in [2.75, 3.05) is 0 Å². The van der Waals surface area contributed by atoms with Gasteiger partial charge in [0.05, 0.1) is 11.8 Å².